The number of hydrogen-bond acceptors (Lipinski definition) is 4. The summed E-state index contributed by atoms with van der Waals surface area (Å²) in [7, 11) is 1.54. The molecule has 0 spiro atoms. The van der Waals surface area contributed by atoms with Crippen molar-refractivity contribution >= 4 is 39.8 Å². The maximum Gasteiger partial charge on any atom is 0.252 e. The predicted octanol–water partition coefficient (Wildman–Crippen LogP) is 1.48. The maximum atomic E-state index is 11.6. The van der Waals surface area contributed by atoms with Crippen molar-refractivity contribution in [2.24, 2.45) is 0 Å². The van der Waals surface area contributed by atoms with Crippen LogP contribution in [0.15, 0.2) is 11.4 Å². The minimum atomic E-state index is -0.520. The van der Waals surface area contributed by atoms with E-state index in [-0.39, 0.29) is 5.91 Å². The van der Waals surface area contributed by atoms with E-state index in [1.165, 1.54) is 18.4 Å². The lowest BCUT2D eigenvalue weighted by atomic mass is 10.2. The minimum absolute atomic E-state index is 0.0937. The number of halogens is 1. The summed E-state index contributed by atoms with van der Waals surface area (Å²) in [5, 5.41) is 13.9. The van der Waals surface area contributed by atoms with Crippen molar-refractivity contribution < 1.29 is 14.6 Å². The van der Waals surface area contributed by atoms with E-state index in [1.807, 2.05) is 11.4 Å². The molecular weight excluding hydrogens is 341 g/mol. The average Bonchev–Trinajstić information content (AvgIpc) is 2.65. The Morgan fingerprint density at radius 3 is 3.06 bits per heavy atom. The minimum Gasteiger partial charge on any atom is -0.391 e. The summed E-state index contributed by atoms with van der Waals surface area (Å²) in [4.78, 5) is 11.6. The number of carbonyl (C=O) groups excluding carboxylic acids is 1. The molecular formula is C10H14INO3S. The van der Waals surface area contributed by atoms with Gasteiger partial charge in [0.2, 0.25) is 0 Å². The Morgan fingerprint density at radius 1 is 1.75 bits per heavy atom. The van der Waals surface area contributed by atoms with Gasteiger partial charge in [-0.3, -0.25) is 4.79 Å². The average molecular weight is 355 g/mol. The number of aliphatic hydroxyl groups excluding tert-OH is 1. The van der Waals surface area contributed by atoms with E-state index in [0.717, 1.165) is 2.88 Å². The predicted molar refractivity (Wildman–Crippen MR) is 71.9 cm³/mol. The van der Waals surface area contributed by atoms with Crippen LogP contribution in [0.2, 0.25) is 0 Å². The zero-order chi connectivity index (χ0) is 12.0. The molecule has 0 aliphatic heterocycles. The summed E-state index contributed by atoms with van der Waals surface area (Å²) in [6.07, 6.45) is -0.0197. The second-order valence-corrected chi connectivity index (χ2v) is 6.10. The molecule has 0 radical (unpaired) electrons. The normalized spacial score (nSPS) is 12.4. The lowest BCUT2D eigenvalue weighted by Crippen LogP contribution is -2.28. The number of nitrogens with one attached hydrogen (secondary N) is 1. The fourth-order valence-electron chi connectivity index (χ4n) is 1.16. The highest BCUT2D eigenvalue weighted by atomic mass is 127. The Labute approximate surface area is 112 Å². The SMILES string of the molecule is COCC(O)CCNC(=O)c1csc(I)c1. The second-order valence-electron chi connectivity index (χ2n) is 3.29. The van der Waals surface area contributed by atoms with Crippen LogP contribution in [0, 0.1) is 2.88 Å². The van der Waals surface area contributed by atoms with Crippen LogP contribution in [0.3, 0.4) is 0 Å². The molecule has 1 aromatic rings. The van der Waals surface area contributed by atoms with E-state index in [0.29, 0.717) is 25.1 Å². The summed E-state index contributed by atoms with van der Waals surface area (Å²) in [6, 6.07) is 1.84. The summed E-state index contributed by atoms with van der Waals surface area (Å²) < 4.78 is 5.87. The van der Waals surface area contributed by atoms with E-state index >= 15 is 0 Å². The van der Waals surface area contributed by atoms with Crippen molar-refractivity contribution in [1.82, 2.24) is 5.32 Å². The third-order valence-electron chi connectivity index (χ3n) is 1.95. The molecule has 4 nitrogen and oxygen atoms in total. The Hall–Kier alpha value is -0.180. The van der Waals surface area contributed by atoms with Crippen molar-refractivity contribution in [2.45, 2.75) is 12.5 Å². The Kier molecular flexibility index (Phi) is 6.25. The van der Waals surface area contributed by atoms with Crippen LogP contribution in [0.25, 0.3) is 0 Å². The molecule has 1 unspecified atom stereocenters. The van der Waals surface area contributed by atoms with Crippen LogP contribution in [-0.4, -0.2) is 37.4 Å². The van der Waals surface area contributed by atoms with Gasteiger partial charge in [0.25, 0.3) is 5.91 Å². The fraction of sp³-hybridized carbons (Fsp3) is 0.500. The third-order valence-corrected chi connectivity index (χ3v) is 3.74. The monoisotopic (exact) mass is 355 g/mol. The van der Waals surface area contributed by atoms with Crippen molar-refractivity contribution in [1.29, 1.82) is 0 Å². The number of rotatable bonds is 6. The highest BCUT2D eigenvalue weighted by molar-refractivity contribution is 14.1. The van der Waals surface area contributed by atoms with Gasteiger partial charge in [-0.1, -0.05) is 0 Å². The molecule has 1 amide bonds. The number of methoxy groups -OCH3 is 1. The zero-order valence-electron chi connectivity index (χ0n) is 8.90. The van der Waals surface area contributed by atoms with Crippen LogP contribution >= 0.6 is 33.9 Å². The van der Waals surface area contributed by atoms with Crippen LogP contribution in [0.1, 0.15) is 16.8 Å². The molecule has 1 heterocycles. The highest BCUT2D eigenvalue weighted by Gasteiger charge is 2.08. The van der Waals surface area contributed by atoms with Crippen LogP contribution < -0.4 is 5.32 Å². The molecule has 0 saturated carbocycles. The fourth-order valence-corrected chi connectivity index (χ4v) is 2.49. The summed E-state index contributed by atoms with van der Waals surface area (Å²) in [5.74, 6) is -0.0937. The molecule has 0 fully saturated rings. The van der Waals surface area contributed by atoms with Gasteiger partial charge < -0.3 is 15.2 Å². The lowest BCUT2D eigenvalue weighted by molar-refractivity contribution is 0.0588. The van der Waals surface area contributed by atoms with Crippen LogP contribution in [-0.2, 0) is 4.74 Å². The van der Waals surface area contributed by atoms with Crippen molar-refractivity contribution in [3.63, 3.8) is 0 Å². The molecule has 2 N–H and O–H groups in total. The molecule has 0 aromatic carbocycles. The first-order chi connectivity index (χ1) is 7.63. The van der Waals surface area contributed by atoms with Gasteiger partial charge in [-0.15, -0.1) is 11.3 Å². The second kappa shape index (κ2) is 7.21. The van der Waals surface area contributed by atoms with Gasteiger partial charge in [-0.25, -0.2) is 0 Å². The van der Waals surface area contributed by atoms with Crippen LogP contribution in [0.4, 0.5) is 0 Å². The largest absolute Gasteiger partial charge is 0.391 e. The smallest absolute Gasteiger partial charge is 0.252 e. The molecule has 1 rings (SSSR count). The van der Waals surface area contributed by atoms with E-state index in [2.05, 4.69) is 27.9 Å². The number of hydrogen-bond donors (Lipinski definition) is 2. The number of amides is 1. The van der Waals surface area contributed by atoms with E-state index in [9.17, 15) is 9.90 Å². The summed E-state index contributed by atoms with van der Waals surface area (Å²) in [6.45, 7) is 0.752. The molecule has 6 heteroatoms. The van der Waals surface area contributed by atoms with Gasteiger partial charge in [0.15, 0.2) is 0 Å². The standard InChI is InChI=1S/C10H14INO3S/c1-15-5-8(13)2-3-12-10(14)7-4-9(11)16-6-7/h4,6,8,13H,2-3,5H2,1H3,(H,12,14). The molecule has 0 aliphatic rings. The topological polar surface area (TPSA) is 58.6 Å². The van der Waals surface area contributed by atoms with E-state index < -0.39 is 6.10 Å². The third kappa shape index (κ3) is 4.77. The molecule has 0 bridgehead atoms. The molecule has 1 atom stereocenters. The maximum absolute atomic E-state index is 11.6. The Balaban J connectivity index is 2.25. The molecule has 90 valence electrons. The first-order valence-electron chi connectivity index (χ1n) is 4.82. The van der Waals surface area contributed by atoms with Gasteiger partial charge in [0.1, 0.15) is 0 Å². The number of ether oxygens (including phenoxy) is 1. The van der Waals surface area contributed by atoms with E-state index in [4.69, 9.17) is 4.74 Å². The van der Waals surface area contributed by atoms with E-state index in [1.54, 1.807) is 0 Å². The van der Waals surface area contributed by atoms with Crippen LogP contribution in [0.5, 0.6) is 0 Å². The van der Waals surface area contributed by atoms with Crippen molar-refractivity contribution in [3.8, 4) is 0 Å². The van der Waals surface area contributed by atoms with Gasteiger partial charge >= 0.3 is 0 Å². The molecule has 1 aromatic heterocycles. The first kappa shape index (κ1) is 13.9. The molecule has 0 saturated heterocycles. The molecule has 0 aliphatic carbocycles. The Morgan fingerprint density at radius 2 is 2.50 bits per heavy atom. The summed E-state index contributed by atoms with van der Waals surface area (Å²) in [5.41, 5.74) is 0.677. The van der Waals surface area contributed by atoms with Gasteiger partial charge in [-0.05, 0) is 35.1 Å². The summed E-state index contributed by atoms with van der Waals surface area (Å²) >= 11 is 3.71. The number of thiophene rings is 1. The highest BCUT2D eigenvalue weighted by Crippen LogP contribution is 2.16. The van der Waals surface area contributed by atoms with Crippen molar-refractivity contribution in [3.05, 3.63) is 19.9 Å². The number of aliphatic hydroxyl groups is 1. The van der Waals surface area contributed by atoms with Crippen molar-refractivity contribution in [2.75, 3.05) is 20.3 Å². The van der Waals surface area contributed by atoms with Gasteiger partial charge in [0.05, 0.1) is 21.2 Å². The quantitative estimate of drug-likeness (QED) is 0.760. The zero-order valence-corrected chi connectivity index (χ0v) is 11.9. The first-order valence-corrected chi connectivity index (χ1v) is 6.78. The Bertz CT molecular complexity index is 343. The van der Waals surface area contributed by atoms with Gasteiger partial charge in [-0.2, -0.15) is 0 Å². The molecule has 16 heavy (non-hydrogen) atoms. The lowest BCUT2D eigenvalue weighted by Gasteiger charge is -2.09. The van der Waals surface area contributed by atoms with Gasteiger partial charge in [0, 0.05) is 19.0 Å². The number of carbonyl (C=O) groups is 1.